The first kappa shape index (κ1) is 13.2. The van der Waals surface area contributed by atoms with Gasteiger partial charge in [-0.25, -0.2) is 13.2 Å². The molecule has 0 amide bonds. The molecule has 2 heterocycles. The van der Waals surface area contributed by atoms with Gasteiger partial charge >= 0.3 is 5.63 Å². The summed E-state index contributed by atoms with van der Waals surface area (Å²) in [6, 6.07) is 8.30. The quantitative estimate of drug-likeness (QED) is 0.804. The van der Waals surface area contributed by atoms with Gasteiger partial charge in [0, 0.05) is 23.4 Å². The molecule has 0 aliphatic carbocycles. The van der Waals surface area contributed by atoms with Gasteiger partial charge in [-0.05, 0) is 24.6 Å². The predicted molar refractivity (Wildman–Crippen MR) is 74.7 cm³/mol. The second kappa shape index (κ2) is 4.94. The van der Waals surface area contributed by atoms with Gasteiger partial charge in [-0.3, -0.25) is 0 Å². The van der Waals surface area contributed by atoms with E-state index in [1.54, 1.807) is 24.3 Å². The Morgan fingerprint density at radius 2 is 2.05 bits per heavy atom. The lowest BCUT2D eigenvalue weighted by molar-refractivity contribution is 0.263. The Bertz CT molecular complexity index is 791. The van der Waals surface area contributed by atoms with Crippen molar-refractivity contribution in [3.63, 3.8) is 0 Å². The second-order valence-electron chi connectivity index (χ2n) is 5.03. The fourth-order valence-electron chi connectivity index (χ4n) is 2.35. The second-order valence-corrected chi connectivity index (χ2v) is 7.26. The zero-order valence-electron chi connectivity index (χ0n) is 10.7. The lowest BCUT2D eigenvalue weighted by Crippen LogP contribution is -2.13. The highest BCUT2D eigenvalue weighted by Gasteiger charge is 2.28. The fourth-order valence-corrected chi connectivity index (χ4v) is 4.19. The molecule has 3 rings (SSSR count). The topological polar surface area (TPSA) is 73.6 Å². The van der Waals surface area contributed by atoms with E-state index in [0.29, 0.717) is 24.4 Å². The van der Waals surface area contributed by atoms with Crippen molar-refractivity contribution < 1.29 is 17.6 Å². The average Bonchev–Trinajstić information content (AvgIpc) is 2.75. The van der Waals surface area contributed by atoms with Crippen LogP contribution >= 0.6 is 0 Å². The predicted octanol–water partition coefficient (Wildman–Crippen LogP) is 1.61. The van der Waals surface area contributed by atoms with E-state index >= 15 is 0 Å². The third-order valence-electron chi connectivity index (χ3n) is 3.41. The van der Waals surface area contributed by atoms with Crippen LogP contribution in [0.1, 0.15) is 6.42 Å². The van der Waals surface area contributed by atoms with Crippen LogP contribution in [0, 0.1) is 5.92 Å². The standard InChI is InChI=1S/C14H14O5S/c15-14-4-2-11-1-3-12(7-13(11)19-14)18-8-10-5-6-20(16,17)9-10/h1-4,7,10H,5-6,8-9H2. The summed E-state index contributed by atoms with van der Waals surface area (Å²) in [5, 5.41) is 0.820. The Balaban J connectivity index is 1.73. The monoisotopic (exact) mass is 294 g/mol. The summed E-state index contributed by atoms with van der Waals surface area (Å²) < 4.78 is 33.4. The minimum atomic E-state index is -2.88. The highest BCUT2D eigenvalue weighted by molar-refractivity contribution is 7.91. The Kier molecular flexibility index (Phi) is 3.25. The lowest BCUT2D eigenvalue weighted by atomic mass is 10.1. The molecule has 5 nitrogen and oxygen atoms in total. The van der Waals surface area contributed by atoms with Gasteiger partial charge in [-0.1, -0.05) is 0 Å². The summed E-state index contributed by atoms with van der Waals surface area (Å²) >= 11 is 0. The van der Waals surface area contributed by atoms with Crippen LogP contribution in [-0.4, -0.2) is 26.5 Å². The summed E-state index contributed by atoms with van der Waals surface area (Å²) in [5.41, 5.74) is 0.0607. The van der Waals surface area contributed by atoms with Crippen LogP contribution in [-0.2, 0) is 9.84 Å². The van der Waals surface area contributed by atoms with Crippen LogP contribution in [0.2, 0.25) is 0 Å². The molecule has 0 spiro atoms. The Labute approximate surface area is 116 Å². The molecule has 1 saturated heterocycles. The van der Waals surface area contributed by atoms with Gasteiger partial charge in [0.25, 0.3) is 0 Å². The van der Waals surface area contributed by atoms with Crippen LogP contribution in [0.3, 0.4) is 0 Å². The van der Waals surface area contributed by atoms with Crippen molar-refractivity contribution in [1.82, 2.24) is 0 Å². The lowest BCUT2D eigenvalue weighted by Gasteiger charge is -2.10. The van der Waals surface area contributed by atoms with E-state index in [4.69, 9.17) is 9.15 Å². The average molecular weight is 294 g/mol. The number of fused-ring (bicyclic) bond motifs is 1. The third-order valence-corrected chi connectivity index (χ3v) is 5.24. The molecule has 1 aromatic heterocycles. The number of benzene rings is 1. The summed E-state index contributed by atoms with van der Waals surface area (Å²) in [4.78, 5) is 11.2. The van der Waals surface area contributed by atoms with Gasteiger partial charge < -0.3 is 9.15 Å². The van der Waals surface area contributed by atoms with Crippen LogP contribution in [0.4, 0.5) is 0 Å². The van der Waals surface area contributed by atoms with E-state index in [9.17, 15) is 13.2 Å². The number of hydrogen-bond acceptors (Lipinski definition) is 5. The van der Waals surface area contributed by atoms with E-state index in [1.807, 2.05) is 0 Å². The first-order valence-electron chi connectivity index (χ1n) is 6.39. The van der Waals surface area contributed by atoms with Crippen molar-refractivity contribution in [3.8, 4) is 5.75 Å². The zero-order chi connectivity index (χ0) is 14.2. The molecular weight excluding hydrogens is 280 g/mol. The van der Waals surface area contributed by atoms with Crippen molar-refractivity contribution in [2.45, 2.75) is 6.42 Å². The van der Waals surface area contributed by atoms with Crippen LogP contribution < -0.4 is 10.4 Å². The summed E-state index contributed by atoms with van der Waals surface area (Å²) in [6.07, 6.45) is 0.644. The van der Waals surface area contributed by atoms with E-state index in [2.05, 4.69) is 0 Å². The van der Waals surface area contributed by atoms with Gasteiger partial charge in [0.2, 0.25) is 0 Å². The summed E-state index contributed by atoms with van der Waals surface area (Å²) in [7, 11) is -2.88. The van der Waals surface area contributed by atoms with E-state index < -0.39 is 15.5 Å². The van der Waals surface area contributed by atoms with E-state index in [-0.39, 0.29) is 17.4 Å². The Morgan fingerprint density at radius 1 is 1.25 bits per heavy atom. The maximum Gasteiger partial charge on any atom is 0.336 e. The van der Waals surface area contributed by atoms with Crippen LogP contribution in [0.25, 0.3) is 11.0 Å². The molecule has 0 N–H and O–H groups in total. The van der Waals surface area contributed by atoms with Crippen molar-refractivity contribution in [2.24, 2.45) is 5.92 Å². The number of ether oxygens (including phenoxy) is 1. The fraction of sp³-hybridized carbons (Fsp3) is 0.357. The minimum Gasteiger partial charge on any atom is -0.493 e. The Hall–Kier alpha value is -1.82. The molecule has 1 aromatic carbocycles. The first-order chi connectivity index (χ1) is 9.52. The van der Waals surface area contributed by atoms with Gasteiger partial charge in [0.15, 0.2) is 9.84 Å². The first-order valence-corrected chi connectivity index (χ1v) is 8.21. The molecule has 0 saturated carbocycles. The van der Waals surface area contributed by atoms with Gasteiger partial charge in [-0.2, -0.15) is 0 Å². The number of hydrogen-bond donors (Lipinski definition) is 0. The third kappa shape index (κ3) is 2.85. The van der Waals surface area contributed by atoms with E-state index in [0.717, 1.165) is 5.39 Å². The van der Waals surface area contributed by atoms with Crippen LogP contribution in [0.5, 0.6) is 5.75 Å². The summed E-state index contributed by atoms with van der Waals surface area (Å²) in [6.45, 7) is 0.363. The molecule has 1 aliphatic heterocycles. The smallest absolute Gasteiger partial charge is 0.336 e. The summed E-state index contributed by atoms with van der Waals surface area (Å²) in [5.74, 6) is 1.05. The molecule has 2 aromatic rings. The van der Waals surface area contributed by atoms with Gasteiger partial charge in [-0.15, -0.1) is 0 Å². The minimum absolute atomic E-state index is 0.0403. The molecule has 0 radical (unpaired) electrons. The molecule has 106 valence electrons. The van der Waals surface area contributed by atoms with Gasteiger partial charge in [0.05, 0.1) is 18.1 Å². The maximum atomic E-state index is 11.4. The molecule has 1 fully saturated rings. The Morgan fingerprint density at radius 3 is 2.80 bits per heavy atom. The molecule has 20 heavy (non-hydrogen) atoms. The van der Waals surface area contributed by atoms with Gasteiger partial charge in [0.1, 0.15) is 11.3 Å². The van der Waals surface area contributed by atoms with Crippen molar-refractivity contribution >= 4 is 20.8 Å². The normalized spacial score (nSPS) is 21.1. The molecular formula is C14H14O5S. The molecule has 6 heteroatoms. The highest BCUT2D eigenvalue weighted by atomic mass is 32.2. The van der Waals surface area contributed by atoms with E-state index in [1.165, 1.54) is 6.07 Å². The van der Waals surface area contributed by atoms with Crippen molar-refractivity contribution in [1.29, 1.82) is 0 Å². The largest absolute Gasteiger partial charge is 0.493 e. The molecule has 1 unspecified atom stereocenters. The molecule has 1 atom stereocenters. The van der Waals surface area contributed by atoms with Crippen molar-refractivity contribution in [3.05, 3.63) is 40.8 Å². The zero-order valence-corrected chi connectivity index (χ0v) is 11.6. The highest BCUT2D eigenvalue weighted by Crippen LogP contribution is 2.23. The van der Waals surface area contributed by atoms with Crippen molar-refractivity contribution in [2.75, 3.05) is 18.1 Å². The molecule has 1 aliphatic rings. The molecule has 0 bridgehead atoms. The van der Waals surface area contributed by atoms with Crippen LogP contribution in [0.15, 0.2) is 39.5 Å². The number of sulfone groups is 1. The maximum absolute atomic E-state index is 11.4. The SMILES string of the molecule is O=c1ccc2ccc(OCC3CCS(=O)(=O)C3)cc2o1. The number of rotatable bonds is 3.